The Morgan fingerprint density at radius 1 is 1.06 bits per heavy atom. The molecule has 0 amide bonds. The van der Waals surface area contributed by atoms with Gasteiger partial charge < -0.3 is 10.2 Å². The van der Waals surface area contributed by atoms with Crippen LogP contribution in [0.3, 0.4) is 0 Å². The van der Waals surface area contributed by atoms with E-state index in [9.17, 15) is 9.59 Å². The van der Waals surface area contributed by atoms with E-state index >= 15 is 0 Å². The highest BCUT2D eigenvalue weighted by Gasteiger charge is 2.22. The van der Waals surface area contributed by atoms with Crippen LogP contribution in [0, 0.1) is 0 Å². The first-order chi connectivity index (χ1) is 8.02. The average molecular weight is 236 g/mol. The smallest absolute Gasteiger partial charge is 0.335 e. The van der Waals surface area contributed by atoms with Crippen molar-refractivity contribution in [2.75, 3.05) is 0 Å². The molecule has 0 aliphatic carbocycles. The van der Waals surface area contributed by atoms with Crippen molar-refractivity contribution in [2.24, 2.45) is 0 Å². The molecule has 0 atom stereocenters. The summed E-state index contributed by atoms with van der Waals surface area (Å²) in [6.07, 6.45) is 1.45. The fourth-order valence-electron chi connectivity index (χ4n) is 2.07. The van der Waals surface area contributed by atoms with E-state index in [1.165, 1.54) is 18.2 Å². The number of benzene rings is 1. The molecule has 0 aliphatic heterocycles. The van der Waals surface area contributed by atoms with Gasteiger partial charge in [-0.2, -0.15) is 0 Å². The first kappa shape index (κ1) is 13.2. The molecule has 0 bridgehead atoms. The Bertz CT molecular complexity index is 401. The zero-order chi connectivity index (χ0) is 13.0. The van der Waals surface area contributed by atoms with Crippen molar-refractivity contribution in [3.05, 3.63) is 34.9 Å². The number of hydrogen-bond donors (Lipinski definition) is 2. The summed E-state index contributed by atoms with van der Waals surface area (Å²) in [7, 11) is 0. The summed E-state index contributed by atoms with van der Waals surface area (Å²) in [4.78, 5) is 22.3. The topological polar surface area (TPSA) is 74.6 Å². The van der Waals surface area contributed by atoms with Crippen molar-refractivity contribution in [3.8, 4) is 0 Å². The number of carbonyl (C=O) groups is 2. The van der Waals surface area contributed by atoms with Gasteiger partial charge in [0.05, 0.1) is 11.1 Å². The Morgan fingerprint density at radius 3 is 1.76 bits per heavy atom. The summed E-state index contributed by atoms with van der Waals surface area (Å²) in [6.45, 7) is 3.86. The van der Waals surface area contributed by atoms with Crippen molar-refractivity contribution < 1.29 is 19.8 Å². The normalized spacial score (nSPS) is 10.5. The molecule has 0 spiro atoms. The molecule has 0 unspecified atom stereocenters. The van der Waals surface area contributed by atoms with Crippen LogP contribution in [0.15, 0.2) is 18.2 Å². The van der Waals surface area contributed by atoms with E-state index in [0.717, 1.165) is 12.8 Å². The number of hydrogen-bond acceptors (Lipinski definition) is 2. The highest BCUT2D eigenvalue weighted by atomic mass is 16.4. The monoisotopic (exact) mass is 236 g/mol. The molecule has 0 aliphatic rings. The lowest BCUT2D eigenvalue weighted by Crippen LogP contribution is -2.13. The molecule has 92 valence electrons. The maximum Gasteiger partial charge on any atom is 0.335 e. The molecule has 2 N–H and O–H groups in total. The summed E-state index contributed by atoms with van der Waals surface area (Å²) in [6, 6.07) is 4.39. The number of aromatic carboxylic acids is 2. The Hall–Kier alpha value is -1.84. The molecular weight excluding hydrogens is 220 g/mol. The van der Waals surface area contributed by atoms with Gasteiger partial charge in [-0.25, -0.2) is 9.59 Å². The second kappa shape index (κ2) is 5.48. The van der Waals surface area contributed by atoms with Crippen LogP contribution in [0.5, 0.6) is 0 Å². The molecule has 0 heterocycles. The first-order valence-corrected chi connectivity index (χ1v) is 5.62. The van der Waals surface area contributed by atoms with Crippen molar-refractivity contribution in [2.45, 2.75) is 32.6 Å². The van der Waals surface area contributed by atoms with Gasteiger partial charge in [0.15, 0.2) is 0 Å². The quantitative estimate of drug-likeness (QED) is 0.824. The molecule has 1 rings (SSSR count). The van der Waals surface area contributed by atoms with Gasteiger partial charge in [-0.05, 0) is 36.5 Å². The third-order valence-electron chi connectivity index (χ3n) is 2.96. The van der Waals surface area contributed by atoms with Crippen LogP contribution in [0.25, 0.3) is 0 Å². The average Bonchev–Trinajstić information content (AvgIpc) is 2.30. The predicted octanol–water partition coefficient (Wildman–Crippen LogP) is 2.99. The van der Waals surface area contributed by atoms with E-state index < -0.39 is 11.9 Å². The van der Waals surface area contributed by atoms with Gasteiger partial charge in [0.25, 0.3) is 0 Å². The standard InChI is InChI=1S/C13H16O4/c1-3-8(4-2)11-9(12(14)15)6-5-7-10(11)13(16)17/h5-8H,3-4H2,1-2H3,(H,14,15)(H,16,17). The third kappa shape index (κ3) is 2.64. The summed E-state index contributed by atoms with van der Waals surface area (Å²) >= 11 is 0. The Kier molecular flexibility index (Phi) is 4.26. The molecule has 1 aromatic carbocycles. The van der Waals surface area contributed by atoms with Gasteiger partial charge >= 0.3 is 11.9 Å². The Labute approximate surface area is 99.9 Å². The minimum Gasteiger partial charge on any atom is -0.478 e. The Morgan fingerprint density at radius 2 is 1.47 bits per heavy atom. The van der Waals surface area contributed by atoms with Gasteiger partial charge in [-0.1, -0.05) is 19.9 Å². The molecule has 0 radical (unpaired) electrons. The summed E-state index contributed by atoms with van der Waals surface area (Å²) in [5.41, 5.74) is 0.634. The van der Waals surface area contributed by atoms with Crippen molar-refractivity contribution >= 4 is 11.9 Å². The zero-order valence-electron chi connectivity index (χ0n) is 9.93. The van der Waals surface area contributed by atoms with E-state index in [1.807, 2.05) is 13.8 Å². The summed E-state index contributed by atoms with van der Waals surface area (Å²) < 4.78 is 0. The second-order valence-electron chi connectivity index (χ2n) is 3.89. The van der Waals surface area contributed by atoms with Gasteiger partial charge in [0.1, 0.15) is 0 Å². The molecule has 4 heteroatoms. The lowest BCUT2D eigenvalue weighted by Gasteiger charge is -2.18. The highest BCUT2D eigenvalue weighted by Crippen LogP contribution is 2.29. The van der Waals surface area contributed by atoms with Crippen LogP contribution < -0.4 is 0 Å². The van der Waals surface area contributed by atoms with Gasteiger partial charge in [-0.15, -0.1) is 0 Å². The van der Waals surface area contributed by atoms with Crippen molar-refractivity contribution in [1.82, 2.24) is 0 Å². The molecule has 0 saturated heterocycles. The number of rotatable bonds is 5. The zero-order valence-corrected chi connectivity index (χ0v) is 9.93. The van der Waals surface area contributed by atoms with Crippen LogP contribution in [-0.2, 0) is 0 Å². The molecule has 0 saturated carbocycles. The SMILES string of the molecule is CCC(CC)c1c(C(=O)O)cccc1C(=O)O. The van der Waals surface area contributed by atoms with Gasteiger partial charge in [-0.3, -0.25) is 0 Å². The molecule has 4 nitrogen and oxygen atoms in total. The van der Waals surface area contributed by atoms with Gasteiger partial charge in [0.2, 0.25) is 0 Å². The van der Waals surface area contributed by atoms with E-state index in [0.29, 0.717) is 5.56 Å². The molecule has 0 aromatic heterocycles. The number of carboxylic acids is 2. The Balaban J connectivity index is 3.48. The molecular formula is C13H16O4. The second-order valence-corrected chi connectivity index (χ2v) is 3.89. The number of carboxylic acid groups (broad SMARTS) is 2. The van der Waals surface area contributed by atoms with E-state index in [4.69, 9.17) is 10.2 Å². The molecule has 17 heavy (non-hydrogen) atoms. The van der Waals surface area contributed by atoms with Crippen LogP contribution in [0.1, 0.15) is 58.9 Å². The fraction of sp³-hybridized carbons (Fsp3) is 0.385. The predicted molar refractivity (Wildman–Crippen MR) is 63.7 cm³/mol. The minimum absolute atomic E-state index is 0.0339. The minimum atomic E-state index is -1.07. The van der Waals surface area contributed by atoms with Crippen LogP contribution in [0.2, 0.25) is 0 Å². The lowest BCUT2D eigenvalue weighted by molar-refractivity contribution is 0.0694. The summed E-state index contributed by atoms with van der Waals surface area (Å²) in [5.74, 6) is -2.18. The van der Waals surface area contributed by atoms with E-state index in [-0.39, 0.29) is 17.0 Å². The van der Waals surface area contributed by atoms with E-state index in [2.05, 4.69) is 0 Å². The van der Waals surface area contributed by atoms with Crippen LogP contribution in [-0.4, -0.2) is 22.2 Å². The van der Waals surface area contributed by atoms with Gasteiger partial charge in [0, 0.05) is 0 Å². The first-order valence-electron chi connectivity index (χ1n) is 5.62. The maximum atomic E-state index is 11.1. The summed E-state index contributed by atoms with van der Waals surface area (Å²) in [5, 5.41) is 18.2. The molecule has 0 fully saturated rings. The van der Waals surface area contributed by atoms with Crippen LogP contribution >= 0.6 is 0 Å². The highest BCUT2D eigenvalue weighted by molar-refractivity contribution is 5.96. The van der Waals surface area contributed by atoms with E-state index in [1.54, 1.807) is 0 Å². The largest absolute Gasteiger partial charge is 0.478 e. The molecule has 1 aromatic rings. The fourth-order valence-corrected chi connectivity index (χ4v) is 2.07. The van der Waals surface area contributed by atoms with Crippen molar-refractivity contribution in [1.29, 1.82) is 0 Å². The van der Waals surface area contributed by atoms with Crippen molar-refractivity contribution in [3.63, 3.8) is 0 Å². The lowest BCUT2D eigenvalue weighted by atomic mass is 9.86. The maximum absolute atomic E-state index is 11.1. The third-order valence-corrected chi connectivity index (χ3v) is 2.96. The van der Waals surface area contributed by atoms with Crippen LogP contribution in [0.4, 0.5) is 0 Å².